The number of β-amino-alcohol motifs (C(OH)–C–C–N with tert-alkyl or cyclic N) is 1. The average molecular weight is 252 g/mol. The number of hydrogen-bond donors (Lipinski definition) is 2. The SMILES string of the molecule is OCCN1CCCN(c2ncncc2CO)CC1. The number of aliphatic hydroxyl groups is 2. The molecule has 0 aromatic carbocycles. The molecule has 2 N–H and O–H groups in total. The first-order valence-corrected chi connectivity index (χ1v) is 6.33. The lowest BCUT2D eigenvalue weighted by atomic mass is 10.3. The molecule has 6 nitrogen and oxygen atoms in total. The summed E-state index contributed by atoms with van der Waals surface area (Å²) < 4.78 is 0. The molecule has 100 valence electrons. The zero-order valence-electron chi connectivity index (χ0n) is 10.5. The van der Waals surface area contributed by atoms with Gasteiger partial charge in [-0.2, -0.15) is 0 Å². The van der Waals surface area contributed by atoms with Crippen LogP contribution in [0, 0.1) is 0 Å². The summed E-state index contributed by atoms with van der Waals surface area (Å²) in [6.45, 7) is 4.59. The van der Waals surface area contributed by atoms with E-state index in [0.717, 1.165) is 50.5 Å². The Hall–Kier alpha value is -1.24. The van der Waals surface area contributed by atoms with Crippen LogP contribution in [0.25, 0.3) is 0 Å². The Morgan fingerprint density at radius 1 is 1.17 bits per heavy atom. The second-order valence-corrected chi connectivity index (χ2v) is 4.44. The van der Waals surface area contributed by atoms with Crippen LogP contribution >= 0.6 is 0 Å². The highest BCUT2D eigenvalue weighted by Crippen LogP contribution is 2.17. The Balaban J connectivity index is 2.05. The van der Waals surface area contributed by atoms with Crippen LogP contribution in [0.3, 0.4) is 0 Å². The fourth-order valence-corrected chi connectivity index (χ4v) is 2.30. The summed E-state index contributed by atoms with van der Waals surface area (Å²) in [5, 5.41) is 18.3. The van der Waals surface area contributed by atoms with E-state index in [9.17, 15) is 5.11 Å². The van der Waals surface area contributed by atoms with Crippen LogP contribution in [0.4, 0.5) is 5.82 Å². The highest BCUT2D eigenvalue weighted by atomic mass is 16.3. The van der Waals surface area contributed by atoms with Crippen molar-refractivity contribution in [2.75, 3.05) is 44.2 Å². The van der Waals surface area contributed by atoms with Crippen LogP contribution in [0.5, 0.6) is 0 Å². The Morgan fingerprint density at radius 2 is 2.06 bits per heavy atom. The summed E-state index contributed by atoms with van der Waals surface area (Å²) in [6, 6.07) is 0. The molecule has 1 aliphatic rings. The quantitative estimate of drug-likeness (QED) is 0.751. The van der Waals surface area contributed by atoms with Crippen molar-refractivity contribution < 1.29 is 10.2 Å². The van der Waals surface area contributed by atoms with E-state index < -0.39 is 0 Å². The van der Waals surface area contributed by atoms with Crippen LogP contribution in [0.15, 0.2) is 12.5 Å². The molecular formula is C12H20N4O2. The summed E-state index contributed by atoms with van der Waals surface area (Å²) in [7, 11) is 0. The first-order chi connectivity index (χ1) is 8.85. The Labute approximate surface area is 107 Å². The number of hydrogen-bond acceptors (Lipinski definition) is 6. The van der Waals surface area contributed by atoms with Gasteiger partial charge in [-0.3, -0.25) is 4.90 Å². The lowest BCUT2D eigenvalue weighted by Gasteiger charge is -2.23. The normalized spacial score (nSPS) is 17.8. The van der Waals surface area contributed by atoms with E-state index in [1.54, 1.807) is 6.20 Å². The van der Waals surface area contributed by atoms with Crippen molar-refractivity contribution in [2.45, 2.75) is 13.0 Å². The highest BCUT2D eigenvalue weighted by molar-refractivity contribution is 5.45. The van der Waals surface area contributed by atoms with Gasteiger partial charge < -0.3 is 15.1 Å². The minimum Gasteiger partial charge on any atom is -0.395 e. The van der Waals surface area contributed by atoms with E-state index >= 15 is 0 Å². The van der Waals surface area contributed by atoms with Crippen LogP contribution < -0.4 is 4.90 Å². The molecule has 0 saturated carbocycles. The van der Waals surface area contributed by atoms with Crippen LogP contribution in [0.2, 0.25) is 0 Å². The maximum absolute atomic E-state index is 9.31. The van der Waals surface area contributed by atoms with Gasteiger partial charge in [0.05, 0.1) is 13.2 Å². The standard InChI is InChI=1S/C12H20N4O2/c17-7-6-15-2-1-3-16(5-4-15)12-11(9-18)8-13-10-14-12/h8,10,17-18H,1-7,9H2. The molecule has 0 radical (unpaired) electrons. The largest absolute Gasteiger partial charge is 0.395 e. The fourth-order valence-electron chi connectivity index (χ4n) is 2.30. The summed E-state index contributed by atoms with van der Waals surface area (Å²) in [6.07, 6.45) is 4.22. The van der Waals surface area contributed by atoms with Crippen molar-refractivity contribution >= 4 is 5.82 Å². The minimum absolute atomic E-state index is 0.0347. The Morgan fingerprint density at radius 3 is 2.83 bits per heavy atom. The van der Waals surface area contributed by atoms with Gasteiger partial charge in [0.25, 0.3) is 0 Å². The first kappa shape index (κ1) is 13.2. The van der Waals surface area contributed by atoms with Gasteiger partial charge in [0, 0.05) is 37.9 Å². The van der Waals surface area contributed by atoms with Gasteiger partial charge in [-0.05, 0) is 13.0 Å². The smallest absolute Gasteiger partial charge is 0.137 e. The number of anilines is 1. The predicted molar refractivity (Wildman–Crippen MR) is 68.3 cm³/mol. The number of rotatable bonds is 4. The molecule has 0 amide bonds. The number of nitrogens with zero attached hydrogens (tertiary/aromatic N) is 4. The number of aliphatic hydroxyl groups excluding tert-OH is 2. The molecule has 0 spiro atoms. The van der Waals surface area contributed by atoms with Crippen molar-refractivity contribution in [3.8, 4) is 0 Å². The maximum Gasteiger partial charge on any atom is 0.137 e. The van der Waals surface area contributed by atoms with E-state index in [1.165, 1.54) is 6.33 Å². The van der Waals surface area contributed by atoms with Crippen molar-refractivity contribution in [3.05, 3.63) is 18.1 Å². The predicted octanol–water partition coefficient (Wildman–Crippen LogP) is -0.527. The van der Waals surface area contributed by atoms with Crippen LogP contribution in [0.1, 0.15) is 12.0 Å². The van der Waals surface area contributed by atoms with Crippen molar-refractivity contribution in [2.24, 2.45) is 0 Å². The summed E-state index contributed by atoms with van der Waals surface area (Å²) in [4.78, 5) is 12.6. The molecule has 0 atom stereocenters. The first-order valence-electron chi connectivity index (χ1n) is 6.33. The topological polar surface area (TPSA) is 72.7 Å². The molecule has 2 rings (SSSR count). The van der Waals surface area contributed by atoms with Gasteiger partial charge in [0.2, 0.25) is 0 Å². The van der Waals surface area contributed by atoms with E-state index in [-0.39, 0.29) is 13.2 Å². The summed E-state index contributed by atoms with van der Waals surface area (Å²) >= 11 is 0. The molecule has 1 aromatic heterocycles. The van der Waals surface area contributed by atoms with Crippen LogP contribution in [-0.4, -0.2) is 64.4 Å². The zero-order chi connectivity index (χ0) is 12.8. The third-order valence-corrected chi connectivity index (χ3v) is 3.24. The molecule has 1 saturated heterocycles. The maximum atomic E-state index is 9.31. The fraction of sp³-hybridized carbons (Fsp3) is 0.667. The van der Waals surface area contributed by atoms with Gasteiger partial charge in [0.1, 0.15) is 12.1 Å². The molecule has 6 heteroatoms. The van der Waals surface area contributed by atoms with E-state index in [1.807, 2.05) is 0 Å². The van der Waals surface area contributed by atoms with Gasteiger partial charge in [-0.25, -0.2) is 9.97 Å². The second kappa shape index (κ2) is 6.63. The second-order valence-electron chi connectivity index (χ2n) is 4.44. The lowest BCUT2D eigenvalue weighted by molar-refractivity contribution is 0.204. The van der Waals surface area contributed by atoms with Gasteiger partial charge in [0.15, 0.2) is 0 Å². The van der Waals surface area contributed by atoms with E-state index in [4.69, 9.17) is 5.11 Å². The Bertz CT molecular complexity index is 375. The molecule has 2 heterocycles. The molecule has 1 aliphatic heterocycles. The van der Waals surface area contributed by atoms with Crippen molar-refractivity contribution in [1.82, 2.24) is 14.9 Å². The van der Waals surface area contributed by atoms with E-state index in [0.29, 0.717) is 0 Å². The molecule has 0 bridgehead atoms. The molecule has 18 heavy (non-hydrogen) atoms. The minimum atomic E-state index is -0.0347. The monoisotopic (exact) mass is 252 g/mol. The highest BCUT2D eigenvalue weighted by Gasteiger charge is 2.17. The third kappa shape index (κ3) is 3.16. The average Bonchev–Trinajstić information content (AvgIpc) is 2.65. The molecule has 0 unspecified atom stereocenters. The number of aromatic nitrogens is 2. The van der Waals surface area contributed by atoms with E-state index in [2.05, 4.69) is 19.8 Å². The third-order valence-electron chi connectivity index (χ3n) is 3.24. The summed E-state index contributed by atoms with van der Waals surface area (Å²) in [5.41, 5.74) is 0.771. The molecular weight excluding hydrogens is 232 g/mol. The summed E-state index contributed by atoms with van der Waals surface area (Å²) in [5.74, 6) is 0.832. The van der Waals surface area contributed by atoms with Crippen molar-refractivity contribution in [3.63, 3.8) is 0 Å². The van der Waals surface area contributed by atoms with Crippen LogP contribution in [-0.2, 0) is 6.61 Å². The molecule has 1 aromatic rings. The van der Waals surface area contributed by atoms with Gasteiger partial charge in [-0.1, -0.05) is 0 Å². The zero-order valence-corrected chi connectivity index (χ0v) is 10.5. The lowest BCUT2D eigenvalue weighted by Crippen LogP contribution is -2.33. The van der Waals surface area contributed by atoms with Gasteiger partial charge >= 0.3 is 0 Å². The Kier molecular flexibility index (Phi) is 4.86. The molecule has 1 fully saturated rings. The van der Waals surface area contributed by atoms with Gasteiger partial charge in [-0.15, -0.1) is 0 Å². The molecule has 0 aliphatic carbocycles. The van der Waals surface area contributed by atoms with Crippen molar-refractivity contribution in [1.29, 1.82) is 0 Å².